The average Bonchev–Trinajstić information content (AvgIpc) is 2.16. The molecule has 0 bridgehead atoms. The van der Waals surface area contributed by atoms with E-state index in [-0.39, 0.29) is 5.92 Å². The van der Waals surface area contributed by atoms with Gasteiger partial charge in [-0.15, -0.1) is 0 Å². The molecule has 0 saturated heterocycles. The van der Waals surface area contributed by atoms with E-state index in [9.17, 15) is 9.59 Å². The van der Waals surface area contributed by atoms with Crippen molar-refractivity contribution >= 4 is 11.6 Å². The third-order valence-corrected chi connectivity index (χ3v) is 3.69. The van der Waals surface area contributed by atoms with E-state index >= 15 is 0 Å². The second-order valence-electron chi connectivity index (χ2n) is 4.71. The lowest BCUT2D eigenvalue weighted by Gasteiger charge is -2.31. The van der Waals surface area contributed by atoms with Gasteiger partial charge >= 0.3 is 0 Å². The fraction of sp³-hybridized carbons (Fsp3) is 0.833. The van der Waals surface area contributed by atoms with Gasteiger partial charge in [-0.1, -0.05) is 12.8 Å². The van der Waals surface area contributed by atoms with E-state index < -0.39 is 0 Å². The minimum atomic E-state index is 0.230. The number of carbonyl (C=O) groups is 2. The Hall–Kier alpha value is -0.660. The van der Waals surface area contributed by atoms with E-state index in [2.05, 4.69) is 0 Å². The molecular formula is C12H18O2. The summed E-state index contributed by atoms with van der Waals surface area (Å²) in [6, 6.07) is 0. The van der Waals surface area contributed by atoms with Crippen molar-refractivity contribution in [1.29, 1.82) is 0 Å². The van der Waals surface area contributed by atoms with Crippen molar-refractivity contribution in [2.24, 2.45) is 11.8 Å². The molecule has 2 fully saturated rings. The second-order valence-corrected chi connectivity index (χ2v) is 4.71. The maximum absolute atomic E-state index is 11.8. The Morgan fingerprint density at radius 3 is 2.57 bits per heavy atom. The van der Waals surface area contributed by atoms with E-state index in [1.807, 2.05) is 0 Å². The standard InChI is InChI=1S/C12H18O2/c13-10-5-3-7-12(14)11-6-2-1-4-9(11)8-10/h9,11H,1-8H2. The smallest absolute Gasteiger partial charge is 0.136 e. The van der Waals surface area contributed by atoms with E-state index in [4.69, 9.17) is 0 Å². The monoisotopic (exact) mass is 194 g/mol. The maximum Gasteiger partial charge on any atom is 0.136 e. The number of rotatable bonds is 0. The molecule has 2 saturated carbocycles. The molecule has 0 aliphatic heterocycles. The van der Waals surface area contributed by atoms with Crippen LogP contribution >= 0.6 is 0 Å². The van der Waals surface area contributed by atoms with Gasteiger partial charge in [0.1, 0.15) is 11.6 Å². The van der Waals surface area contributed by atoms with Crippen LogP contribution in [0.15, 0.2) is 0 Å². The van der Waals surface area contributed by atoms with Gasteiger partial charge in [-0.2, -0.15) is 0 Å². The quantitative estimate of drug-likeness (QED) is 0.593. The molecule has 2 aliphatic carbocycles. The summed E-state index contributed by atoms with van der Waals surface area (Å²) < 4.78 is 0. The van der Waals surface area contributed by atoms with Crippen LogP contribution in [-0.4, -0.2) is 11.6 Å². The topological polar surface area (TPSA) is 34.1 Å². The summed E-state index contributed by atoms with van der Waals surface area (Å²) in [6.07, 6.45) is 7.28. The van der Waals surface area contributed by atoms with Crippen LogP contribution in [0.4, 0.5) is 0 Å². The first-order valence-electron chi connectivity index (χ1n) is 5.82. The Balaban J connectivity index is 2.09. The van der Waals surface area contributed by atoms with Crippen molar-refractivity contribution in [3.63, 3.8) is 0 Å². The van der Waals surface area contributed by atoms with Crippen molar-refractivity contribution < 1.29 is 9.59 Å². The van der Waals surface area contributed by atoms with Crippen molar-refractivity contribution in [2.75, 3.05) is 0 Å². The van der Waals surface area contributed by atoms with Crippen LogP contribution in [0.25, 0.3) is 0 Å². The van der Waals surface area contributed by atoms with E-state index in [1.54, 1.807) is 0 Å². The molecular weight excluding hydrogens is 176 g/mol. The number of hydrogen-bond donors (Lipinski definition) is 0. The third kappa shape index (κ3) is 2.05. The van der Waals surface area contributed by atoms with Crippen molar-refractivity contribution in [3.05, 3.63) is 0 Å². The molecule has 0 amide bonds. The number of ketones is 2. The SMILES string of the molecule is O=C1CCCC(=O)C2CCCCC2C1. The van der Waals surface area contributed by atoms with Crippen LogP contribution in [0.3, 0.4) is 0 Å². The zero-order valence-electron chi connectivity index (χ0n) is 8.63. The Bertz CT molecular complexity index is 245. The lowest BCUT2D eigenvalue weighted by molar-refractivity contribution is -0.129. The Labute approximate surface area is 85.1 Å². The molecule has 0 spiro atoms. The largest absolute Gasteiger partial charge is 0.300 e. The molecule has 2 nitrogen and oxygen atoms in total. The molecule has 0 heterocycles. The highest BCUT2D eigenvalue weighted by Gasteiger charge is 2.32. The lowest BCUT2D eigenvalue weighted by atomic mass is 9.72. The summed E-state index contributed by atoms with van der Waals surface area (Å²) in [4.78, 5) is 23.3. The zero-order valence-corrected chi connectivity index (χ0v) is 8.63. The van der Waals surface area contributed by atoms with Crippen molar-refractivity contribution in [1.82, 2.24) is 0 Å². The van der Waals surface area contributed by atoms with Crippen molar-refractivity contribution in [3.8, 4) is 0 Å². The van der Waals surface area contributed by atoms with Crippen LogP contribution < -0.4 is 0 Å². The van der Waals surface area contributed by atoms with Crippen LogP contribution in [-0.2, 0) is 9.59 Å². The minimum absolute atomic E-state index is 0.230. The van der Waals surface area contributed by atoms with Crippen LogP contribution in [0.1, 0.15) is 51.4 Å². The highest BCUT2D eigenvalue weighted by Crippen LogP contribution is 2.35. The van der Waals surface area contributed by atoms with Crippen molar-refractivity contribution in [2.45, 2.75) is 51.4 Å². The summed E-state index contributed by atoms with van der Waals surface area (Å²) in [5.74, 6) is 1.44. The van der Waals surface area contributed by atoms with Crippen LogP contribution in [0.5, 0.6) is 0 Å². The first-order chi connectivity index (χ1) is 6.77. The molecule has 0 radical (unpaired) electrons. The molecule has 2 atom stereocenters. The van der Waals surface area contributed by atoms with E-state index in [0.717, 1.165) is 19.3 Å². The Morgan fingerprint density at radius 2 is 1.71 bits per heavy atom. The van der Waals surface area contributed by atoms with Gasteiger partial charge in [-0.05, 0) is 25.2 Å². The van der Waals surface area contributed by atoms with Gasteiger partial charge in [0.25, 0.3) is 0 Å². The molecule has 2 aliphatic rings. The van der Waals surface area contributed by atoms with Gasteiger partial charge < -0.3 is 0 Å². The minimum Gasteiger partial charge on any atom is -0.300 e. The highest BCUT2D eigenvalue weighted by molar-refractivity contribution is 5.85. The predicted octanol–water partition coefficient (Wildman–Crippen LogP) is 2.51. The average molecular weight is 194 g/mol. The molecule has 2 unspecified atom stereocenters. The van der Waals surface area contributed by atoms with E-state index in [1.165, 1.54) is 12.8 Å². The molecule has 0 aromatic carbocycles. The van der Waals surface area contributed by atoms with Gasteiger partial charge in [0.05, 0.1) is 0 Å². The van der Waals surface area contributed by atoms with Crippen LogP contribution in [0, 0.1) is 11.8 Å². The summed E-state index contributed by atoms with van der Waals surface area (Å²) in [7, 11) is 0. The summed E-state index contributed by atoms with van der Waals surface area (Å²) >= 11 is 0. The molecule has 14 heavy (non-hydrogen) atoms. The highest BCUT2D eigenvalue weighted by atomic mass is 16.1. The molecule has 2 heteroatoms. The fourth-order valence-electron chi connectivity index (χ4n) is 2.92. The van der Waals surface area contributed by atoms with Gasteiger partial charge in [0.15, 0.2) is 0 Å². The molecule has 0 aromatic heterocycles. The first kappa shape index (κ1) is 9.88. The molecule has 78 valence electrons. The summed E-state index contributed by atoms with van der Waals surface area (Å²) in [6.45, 7) is 0. The molecule has 0 aromatic rings. The predicted molar refractivity (Wildman–Crippen MR) is 53.9 cm³/mol. The number of carbonyl (C=O) groups excluding carboxylic acids is 2. The zero-order chi connectivity index (χ0) is 9.97. The lowest BCUT2D eigenvalue weighted by Crippen LogP contribution is -2.30. The number of hydrogen-bond acceptors (Lipinski definition) is 2. The van der Waals surface area contributed by atoms with Gasteiger partial charge in [0.2, 0.25) is 0 Å². The Morgan fingerprint density at radius 1 is 0.929 bits per heavy atom. The second kappa shape index (κ2) is 4.24. The first-order valence-corrected chi connectivity index (χ1v) is 5.82. The number of Topliss-reactive ketones (excluding diaryl/α,β-unsaturated/α-hetero) is 2. The number of fused-ring (bicyclic) bond motifs is 1. The molecule has 0 N–H and O–H groups in total. The van der Waals surface area contributed by atoms with Crippen LogP contribution in [0.2, 0.25) is 0 Å². The van der Waals surface area contributed by atoms with Gasteiger partial charge in [-0.3, -0.25) is 9.59 Å². The van der Waals surface area contributed by atoms with Gasteiger partial charge in [-0.25, -0.2) is 0 Å². The Kier molecular flexibility index (Phi) is 2.99. The fourth-order valence-corrected chi connectivity index (χ4v) is 2.92. The van der Waals surface area contributed by atoms with Gasteiger partial charge in [0, 0.05) is 25.2 Å². The third-order valence-electron chi connectivity index (χ3n) is 3.69. The van der Waals surface area contributed by atoms with E-state index in [0.29, 0.717) is 36.7 Å². The molecule has 2 rings (SSSR count). The summed E-state index contributed by atoms with van der Waals surface area (Å²) in [5, 5.41) is 0. The normalized spacial score (nSPS) is 34.6. The maximum atomic E-state index is 11.8. The summed E-state index contributed by atoms with van der Waals surface area (Å²) in [5.41, 5.74) is 0.